The highest BCUT2D eigenvalue weighted by Gasteiger charge is 2.18. The van der Waals surface area contributed by atoms with Gasteiger partial charge in [0.25, 0.3) is 5.91 Å². The van der Waals surface area contributed by atoms with Crippen molar-refractivity contribution in [2.24, 2.45) is 7.05 Å². The first-order valence-electron chi connectivity index (χ1n) is 8.41. The Labute approximate surface area is 151 Å². The molecule has 0 radical (unpaired) electrons. The third kappa shape index (κ3) is 3.66. The lowest BCUT2D eigenvalue weighted by Gasteiger charge is -2.11. The van der Waals surface area contributed by atoms with Crippen LogP contribution in [0, 0.1) is 0 Å². The number of benzene rings is 1. The number of hydrogen-bond donors (Lipinski definition) is 2. The molecule has 0 spiro atoms. The number of carbonyl (C=O) groups is 2. The molecule has 3 aromatic rings. The summed E-state index contributed by atoms with van der Waals surface area (Å²) in [6.45, 7) is 1.91. The van der Waals surface area contributed by atoms with E-state index in [9.17, 15) is 9.59 Å². The van der Waals surface area contributed by atoms with Crippen LogP contribution in [0.3, 0.4) is 0 Å². The Morgan fingerprint density at radius 3 is 2.58 bits per heavy atom. The number of aromatic nitrogens is 3. The second kappa shape index (κ2) is 7.69. The predicted octanol–water partition coefficient (Wildman–Crippen LogP) is 2.14. The summed E-state index contributed by atoms with van der Waals surface area (Å²) in [6, 6.07) is 11.4. The largest absolute Gasteiger partial charge is 0.343 e. The number of aryl methyl sites for hydroxylation is 2. The second-order valence-electron chi connectivity index (χ2n) is 5.84. The van der Waals surface area contributed by atoms with Gasteiger partial charge in [-0.3, -0.25) is 14.3 Å². The highest BCUT2D eigenvalue weighted by Crippen LogP contribution is 2.15. The van der Waals surface area contributed by atoms with Crippen molar-refractivity contribution in [2.45, 2.75) is 13.3 Å². The van der Waals surface area contributed by atoms with Crippen molar-refractivity contribution in [3.63, 3.8) is 0 Å². The smallest absolute Gasteiger partial charge is 0.257 e. The van der Waals surface area contributed by atoms with E-state index in [1.165, 1.54) is 6.20 Å². The maximum atomic E-state index is 12.5. The fraction of sp³-hybridized carbons (Fsp3) is 0.211. The molecule has 0 saturated carbocycles. The van der Waals surface area contributed by atoms with E-state index in [2.05, 4.69) is 15.7 Å². The Hall–Kier alpha value is -3.35. The van der Waals surface area contributed by atoms with Gasteiger partial charge in [0.05, 0.1) is 12.7 Å². The minimum Gasteiger partial charge on any atom is -0.343 e. The molecule has 0 aliphatic heterocycles. The molecule has 134 valence electrons. The Kier molecular flexibility index (Phi) is 5.17. The highest BCUT2D eigenvalue weighted by molar-refractivity contribution is 6.01. The molecule has 7 heteroatoms. The minimum atomic E-state index is -0.347. The van der Waals surface area contributed by atoms with Crippen LogP contribution in [0.5, 0.6) is 0 Å². The van der Waals surface area contributed by atoms with Crippen LogP contribution < -0.4 is 10.6 Å². The predicted molar refractivity (Wildman–Crippen MR) is 99.3 cm³/mol. The van der Waals surface area contributed by atoms with Crippen LogP contribution in [0.25, 0.3) is 5.82 Å². The third-order valence-electron chi connectivity index (χ3n) is 4.08. The topological polar surface area (TPSA) is 81.0 Å². The first kappa shape index (κ1) is 17.5. The van der Waals surface area contributed by atoms with Crippen LogP contribution in [0.15, 0.2) is 55.0 Å². The van der Waals surface area contributed by atoms with Crippen molar-refractivity contribution < 1.29 is 9.59 Å². The molecule has 2 N–H and O–H groups in total. The number of nitrogens with one attached hydrogen (secondary N) is 2. The fourth-order valence-corrected chi connectivity index (χ4v) is 2.77. The molecule has 0 aliphatic carbocycles. The maximum Gasteiger partial charge on any atom is 0.257 e. The summed E-state index contributed by atoms with van der Waals surface area (Å²) in [5.74, 6) is 0.0237. The first-order valence-corrected chi connectivity index (χ1v) is 8.41. The Morgan fingerprint density at radius 1 is 1.12 bits per heavy atom. The van der Waals surface area contributed by atoms with E-state index < -0.39 is 0 Å². The van der Waals surface area contributed by atoms with Crippen LogP contribution in [0.1, 0.15) is 22.8 Å². The zero-order chi connectivity index (χ0) is 18.5. The summed E-state index contributed by atoms with van der Waals surface area (Å²) in [7, 11) is 1.76. The van der Waals surface area contributed by atoms with E-state index in [1.54, 1.807) is 16.3 Å². The maximum absolute atomic E-state index is 12.5. The zero-order valence-corrected chi connectivity index (χ0v) is 14.8. The molecular weight excluding hydrogens is 330 g/mol. The van der Waals surface area contributed by atoms with Crippen molar-refractivity contribution >= 4 is 17.5 Å². The number of amides is 2. The molecular formula is C19H21N5O2. The number of hydrogen-bond acceptors (Lipinski definition) is 3. The van der Waals surface area contributed by atoms with Crippen LogP contribution in [0.2, 0.25) is 0 Å². The Balaban J connectivity index is 1.65. The molecule has 3 rings (SSSR count). The molecule has 1 aromatic carbocycles. The van der Waals surface area contributed by atoms with Crippen molar-refractivity contribution in [3.05, 3.63) is 66.1 Å². The summed E-state index contributed by atoms with van der Waals surface area (Å²) in [5.41, 5.74) is 2.23. The van der Waals surface area contributed by atoms with Crippen LogP contribution in [-0.4, -0.2) is 32.7 Å². The van der Waals surface area contributed by atoms with Gasteiger partial charge >= 0.3 is 0 Å². The molecule has 0 saturated heterocycles. The molecule has 0 fully saturated rings. The minimum absolute atomic E-state index is 0.114. The lowest BCUT2D eigenvalue weighted by molar-refractivity contribution is -0.115. The molecule has 0 bridgehead atoms. The lowest BCUT2D eigenvalue weighted by Crippen LogP contribution is -2.33. The van der Waals surface area contributed by atoms with Crippen molar-refractivity contribution in [2.75, 3.05) is 11.9 Å². The van der Waals surface area contributed by atoms with Gasteiger partial charge in [0.1, 0.15) is 11.4 Å². The molecule has 2 aromatic heterocycles. The van der Waals surface area contributed by atoms with Gasteiger partial charge in [-0.15, -0.1) is 0 Å². The van der Waals surface area contributed by atoms with Crippen LogP contribution >= 0.6 is 0 Å². The van der Waals surface area contributed by atoms with Crippen LogP contribution in [0.4, 0.5) is 5.69 Å². The van der Waals surface area contributed by atoms with Gasteiger partial charge in [0.15, 0.2) is 0 Å². The Morgan fingerprint density at radius 2 is 1.85 bits per heavy atom. The normalized spacial score (nSPS) is 10.5. The summed E-state index contributed by atoms with van der Waals surface area (Å²) >= 11 is 0. The number of carbonyl (C=O) groups excluding carboxylic acids is 2. The average Bonchev–Trinajstić information content (AvgIpc) is 3.29. The van der Waals surface area contributed by atoms with Crippen molar-refractivity contribution in [3.8, 4) is 5.82 Å². The fourth-order valence-electron chi connectivity index (χ4n) is 2.77. The first-order chi connectivity index (χ1) is 12.6. The van der Waals surface area contributed by atoms with E-state index in [-0.39, 0.29) is 18.4 Å². The van der Waals surface area contributed by atoms with Gasteiger partial charge in [0, 0.05) is 25.1 Å². The summed E-state index contributed by atoms with van der Waals surface area (Å²) < 4.78 is 3.42. The van der Waals surface area contributed by atoms with E-state index in [4.69, 9.17) is 0 Å². The molecule has 0 atom stereocenters. The third-order valence-corrected chi connectivity index (χ3v) is 4.08. The molecule has 2 amide bonds. The zero-order valence-electron chi connectivity index (χ0n) is 14.8. The van der Waals surface area contributed by atoms with Crippen molar-refractivity contribution in [1.29, 1.82) is 0 Å². The van der Waals surface area contributed by atoms with E-state index in [1.807, 2.05) is 55.7 Å². The van der Waals surface area contributed by atoms with Gasteiger partial charge in [-0.1, -0.05) is 25.1 Å². The molecule has 26 heavy (non-hydrogen) atoms. The number of para-hydroxylation sites is 1. The number of anilines is 1. The van der Waals surface area contributed by atoms with Gasteiger partial charge in [-0.05, 0) is 30.2 Å². The SMILES string of the molecule is CCc1ccccc1NC(=O)CNC(=O)c1cnn(C)c1-n1cccc1. The number of nitrogens with zero attached hydrogens (tertiary/aromatic N) is 3. The van der Waals surface area contributed by atoms with Gasteiger partial charge < -0.3 is 15.2 Å². The van der Waals surface area contributed by atoms with E-state index in [0.29, 0.717) is 11.4 Å². The van der Waals surface area contributed by atoms with Gasteiger partial charge in [-0.2, -0.15) is 5.10 Å². The van der Waals surface area contributed by atoms with E-state index in [0.717, 1.165) is 17.7 Å². The molecule has 2 heterocycles. The monoisotopic (exact) mass is 351 g/mol. The van der Waals surface area contributed by atoms with Gasteiger partial charge in [-0.25, -0.2) is 0 Å². The van der Waals surface area contributed by atoms with Crippen molar-refractivity contribution in [1.82, 2.24) is 19.7 Å². The summed E-state index contributed by atoms with van der Waals surface area (Å²) in [6.07, 6.45) is 5.98. The van der Waals surface area contributed by atoms with Gasteiger partial charge in [0.2, 0.25) is 5.91 Å². The molecule has 0 aliphatic rings. The summed E-state index contributed by atoms with van der Waals surface area (Å²) in [5, 5.41) is 9.64. The Bertz CT molecular complexity index is 912. The van der Waals surface area contributed by atoms with E-state index >= 15 is 0 Å². The van der Waals surface area contributed by atoms with Crippen LogP contribution in [-0.2, 0) is 18.3 Å². The second-order valence-corrected chi connectivity index (χ2v) is 5.84. The summed E-state index contributed by atoms with van der Waals surface area (Å²) in [4.78, 5) is 24.7. The number of rotatable bonds is 6. The average molecular weight is 351 g/mol. The standard InChI is InChI=1S/C19H21N5O2/c1-3-14-8-4-5-9-16(14)22-17(25)13-20-18(26)15-12-21-23(2)19(15)24-10-6-7-11-24/h4-12H,3,13H2,1-2H3,(H,20,26)(H,22,25). The molecule has 0 unspecified atom stereocenters. The lowest BCUT2D eigenvalue weighted by atomic mass is 10.1. The highest BCUT2D eigenvalue weighted by atomic mass is 16.2. The molecule has 7 nitrogen and oxygen atoms in total. The quantitative estimate of drug-likeness (QED) is 0.714.